The molecule has 1 amide bonds. The van der Waals surface area contributed by atoms with Gasteiger partial charge in [0.15, 0.2) is 11.7 Å². The summed E-state index contributed by atoms with van der Waals surface area (Å²) in [5.74, 6) is 2.62. The van der Waals surface area contributed by atoms with Crippen LogP contribution in [0.2, 0.25) is 0 Å². The number of nitrogens with zero attached hydrogens (tertiary/aromatic N) is 3. The molecule has 0 spiro atoms. The third-order valence-corrected chi connectivity index (χ3v) is 3.47. The van der Waals surface area contributed by atoms with Crippen LogP contribution >= 0.6 is 24.0 Å². The first kappa shape index (κ1) is 24.7. The molecule has 4 N–H and O–H groups in total. The fourth-order valence-electron chi connectivity index (χ4n) is 2.24. The number of ether oxygens (including phenoxy) is 1. The summed E-state index contributed by atoms with van der Waals surface area (Å²) in [6.07, 6.45) is 2.59. The number of carbonyl (C=O) groups is 1. The predicted molar refractivity (Wildman–Crippen MR) is 121 cm³/mol. The minimum Gasteiger partial charge on any atom is -0.461 e. The maximum Gasteiger partial charge on any atom is 0.407 e. The average Bonchev–Trinajstić information content (AvgIpc) is 3.29. The molecule has 0 atom stereocenters. The van der Waals surface area contributed by atoms with Gasteiger partial charge in [-0.25, -0.2) is 9.78 Å². The van der Waals surface area contributed by atoms with Crippen molar-refractivity contribution in [2.45, 2.75) is 39.2 Å². The lowest BCUT2D eigenvalue weighted by molar-refractivity contribution is 0.0527. The molecule has 0 aliphatic heterocycles. The molecule has 0 bridgehead atoms. The van der Waals surface area contributed by atoms with Crippen LogP contribution in [0.25, 0.3) is 11.6 Å². The molecular weight excluding hydrogens is 489 g/mol. The van der Waals surface area contributed by atoms with Crippen LogP contribution in [0.1, 0.15) is 33.0 Å². The number of H-pyrrole nitrogens is 1. The van der Waals surface area contributed by atoms with E-state index in [1.807, 2.05) is 26.8 Å². The minimum absolute atomic E-state index is 0. The summed E-state index contributed by atoms with van der Waals surface area (Å²) in [7, 11) is 1.71. The number of amides is 1. The van der Waals surface area contributed by atoms with Crippen LogP contribution in [0, 0.1) is 0 Å². The molecule has 0 radical (unpaired) electrons. The summed E-state index contributed by atoms with van der Waals surface area (Å²) in [5, 5.41) is 16.2. The van der Waals surface area contributed by atoms with E-state index in [-0.39, 0.29) is 24.0 Å². The molecule has 0 aliphatic rings. The van der Waals surface area contributed by atoms with E-state index in [0.717, 1.165) is 12.2 Å². The Kier molecular flexibility index (Phi) is 10.5. The third-order valence-electron chi connectivity index (χ3n) is 3.47. The van der Waals surface area contributed by atoms with E-state index in [1.54, 1.807) is 19.4 Å². The van der Waals surface area contributed by atoms with Gasteiger partial charge in [0, 0.05) is 33.1 Å². The third kappa shape index (κ3) is 9.63. The van der Waals surface area contributed by atoms with Crippen molar-refractivity contribution in [3.8, 4) is 11.6 Å². The number of alkyl carbamates (subject to hydrolysis) is 1. The molecule has 0 saturated heterocycles. The van der Waals surface area contributed by atoms with Crippen molar-refractivity contribution in [2.24, 2.45) is 4.99 Å². The molecule has 162 valence electrons. The second-order valence-electron chi connectivity index (χ2n) is 7.04. The summed E-state index contributed by atoms with van der Waals surface area (Å²) in [5.41, 5.74) is -0.490. The number of hydrogen-bond acceptors (Lipinski definition) is 6. The number of carbonyl (C=O) groups excluding carboxylic acids is 1. The zero-order chi connectivity index (χ0) is 20.4. The molecule has 0 aliphatic carbocycles. The first-order chi connectivity index (χ1) is 13.4. The Morgan fingerprint density at radius 1 is 1.24 bits per heavy atom. The summed E-state index contributed by atoms with van der Waals surface area (Å²) in [6.45, 7) is 7.33. The summed E-state index contributed by atoms with van der Waals surface area (Å²) < 4.78 is 10.5. The van der Waals surface area contributed by atoms with Gasteiger partial charge >= 0.3 is 6.09 Å². The molecular formula is C18H30IN7O3. The number of furan rings is 1. The van der Waals surface area contributed by atoms with Gasteiger partial charge in [-0.3, -0.25) is 10.1 Å². The van der Waals surface area contributed by atoms with E-state index < -0.39 is 11.7 Å². The van der Waals surface area contributed by atoms with E-state index in [4.69, 9.17) is 9.15 Å². The number of halogens is 1. The topological polar surface area (TPSA) is 129 Å². The Morgan fingerprint density at radius 2 is 1.97 bits per heavy atom. The van der Waals surface area contributed by atoms with Crippen molar-refractivity contribution >= 4 is 36.0 Å². The fourth-order valence-corrected chi connectivity index (χ4v) is 2.24. The van der Waals surface area contributed by atoms with E-state index >= 15 is 0 Å². The lowest BCUT2D eigenvalue weighted by atomic mass is 10.2. The van der Waals surface area contributed by atoms with E-state index in [2.05, 4.69) is 36.1 Å². The maximum atomic E-state index is 11.6. The Bertz CT molecular complexity index is 754. The monoisotopic (exact) mass is 519 g/mol. The van der Waals surface area contributed by atoms with Gasteiger partial charge in [0.1, 0.15) is 11.4 Å². The zero-order valence-electron chi connectivity index (χ0n) is 17.2. The maximum absolute atomic E-state index is 11.6. The van der Waals surface area contributed by atoms with E-state index in [9.17, 15) is 4.79 Å². The number of aromatic nitrogens is 3. The van der Waals surface area contributed by atoms with E-state index in [0.29, 0.717) is 43.6 Å². The highest BCUT2D eigenvalue weighted by atomic mass is 127. The van der Waals surface area contributed by atoms with Gasteiger partial charge in [-0.2, -0.15) is 5.10 Å². The van der Waals surface area contributed by atoms with Gasteiger partial charge in [0.05, 0.1) is 6.26 Å². The van der Waals surface area contributed by atoms with Gasteiger partial charge in [0.25, 0.3) is 0 Å². The minimum atomic E-state index is -0.490. The Hall–Kier alpha value is -2.31. The van der Waals surface area contributed by atoms with Crippen LogP contribution in [0.4, 0.5) is 4.79 Å². The van der Waals surface area contributed by atoms with Crippen molar-refractivity contribution in [3.63, 3.8) is 0 Å². The lowest BCUT2D eigenvalue weighted by Crippen LogP contribution is -2.40. The number of aromatic amines is 1. The zero-order valence-corrected chi connectivity index (χ0v) is 19.6. The van der Waals surface area contributed by atoms with Crippen LogP contribution in [0.3, 0.4) is 0 Å². The predicted octanol–water partition coefficient (Wildman–Crippen LogP) is 2.30. The number of hydrogen-bond donors (Lipinski definition) is 4. The first-order valence-corrected chi connectivity index (χ1v) is 9.24. The molecule has 29 heavy (non-hydrogen) atoms. The second-order valence-corrected chi connectivity index (χ2v) is 7.04. The lowest BCUT2D eigenvalue weighted by Gasteiger charge is -2.19. The molecule has 2 heterocycles. The number of guanidine groups is 1. The number of nitrogens with one attached hydrogen (secondary N) is 4. The normalized spacial score (nSPS) is 11.5. The fraction of sp³-hybridized carbons (Fsp3) is 0.556. The molecule has 2 rings (SSSR count). The molecule has 0 aromatic carbocycles. The molecule has 11 heteroatoms. The molecule has 10 nitrogen and oxygen atoms in total. The average molecular weight is 519 g/mol. The van der Waals surface area contributed by atoms with Crippen LogP contribution < -0.4 is 16.0 Å². The van der Waals surface area contributed by atoms with Crippen molar-refractivity contribution in [3.05, 3.63) is 24.2 Å². The highest BCUT2D eigenvalue weighted by Gasteiger charge is 2.15. The second kappa shape index (κ2) is 12.3. The van der Waals surface area contributed by atoms with Gasteiger partial charge in [-0.05, 0) is 39.3 Å². The summed E-state index contributed by atoms with van der Waals surface area (Å²) in [6, 6.07) is 3.61. The number of rotatable bonds is 8. The van der Waals surface area contributed by atoms with Crippen LogP contribution in [-0.4, -0.2) is 59.5 Å². The van der Waals surface area contributed by atoms with Gasteiger partial charge < -0.3 is 25.1 Å². The highest BCUT2D eigenvalue weighted by molar-refractivity contribution is 14.0. The van der Waals surface area contributed by atoms with Gasteiger partial charge in [-0.1, -0.05) is 0 Å². The Morgan fingerprint density at radius 3 is 2.62 bits per heavy atom. The van der Waals surface area contributed by atoms with Gasteiger partial charge in [0.2, 0.25) is 5.82 Å². The SMILES string of the molecule is CN=C(NCCCNC(=O)OC(C)(C)C)NCCc1nc(-c2ccco2)n[nH]1.I. The van der Waals surface area contributed by atoms with Gasteiger partial charge in [-0.15, -0.1) is 24.0 Å². The molecule has 0 fully saturated rings. The molecule has 0 unspecified atom stereocenters. The molecule has 2 aromatic heterocycles. The first-order valence-electron chi connectivity index (χ1n) is 9.24. The van der Waals surface area contributed by atoms with Crippen LogP contribution in [0.15, 0.2) is 27.8 Å². The van der Waals surface area contributed by atoms with Crippen molar-refractivity contribution in [1.29, 1.82) is 0 Å². The van der Waals surface area contributed by atoms with Crippen LogP contribution in [0.5, 0.6) is 0 Å². The smallest absolute Gasteiger partial charge is 0.407 e. The Balaban J connectivity index is 0.00000420. The largest absolute Gasteiger partial charge is 0.461 e. The van der Waals surface area contributed by atoms with E-state index in [1.165, 1.54) is 0 Å². The molecule has 0 saturated carbocycles. The quantitative estimate of drug-likeness (QED) is 0.182. The van der Waals surface area contributed by atoms with Crippen molar-refractivity contribution < 1.29 is 13.9 Å². The summed E-state index contributed by atoms with van der Waals surface area (Å²) >= 11 is 0. The summed E-state index contributed by atoms with van der Waals surface area (Å²) in [4.78, 5) is 20.1. The Labute approximate surface area is 187 Å². The van der Waals surface area contributed by atoms with Crippen molar-refractivity contribution in [2.75, 3.05) is 26.7 Å². The van der Waals surface area contributed by atoms with Crippen LogP contribution in [-0.2, 0) is 11.2 Å². The highest BCUT2D eigenvalue weighted by Crippen LogP contribution is 2.14. The standard InChI is InChI=1S/C18H29N7O3.HI/c1-18(2,3)28-17(26)22-10-6-9-20-16(19-4)21-11-8-14-23-15(25-24-14)13-7-5-12-27-13;/h5,7,12H,6,8-11H2,1-4H3,(H,22,26)(H2,19,20,21)(H,23,24,25);1H. The van der Waals surface area contributed by atoms with Crippen molar-refractivity contribution in [1.82, 2.24) is 31.1 Å². The molecule has 2 aromatic rings. The number of aliphatic imine (C=N–C) groups is 1.